The maximum atomic E-state index is 10.4. The minimum absolute atomic E-state index is 0.312. The lowest BCUT2D eigenvalue weighted by atomic mass is 10.4. The number of rotatable bonds is 2. The van der Waals surface area contributed by atoms with E-state index < -0.39 is 11.4 Å². The summed E-state index contributed by atoms with van der Waals surface area (Å²) in [5.41, 5.74) is 0.451. The van der Waals surface area contributed by atoms with Gasteiger partial charge in [0.05, 0.1) is 6.61 Å². The van der Waals surface area contributed by atoms with Crippen molar-refractivity contribution < 1.29 is 22.8 Å². The fourth-order valence-electron chi connectivity index (χ4n) is 0.254. The fourth-order valence-corrected chi connectivity index (χ4v) is 0.254. The lowest BCUT2D eigenvalue weighted by Gasteiger charge is -1.96. The Kier molecular flexibility index (Phi) is 9.66. The monoisotopic (exact) mass is 196 g/mol. The van der Waals surface area contributed by atoms with E-state index in [4.69, 9.17) is 13.3 Å². The number of ether oxygens (including phenoxy) is 1. The van der Waals surface area contributed by atoms with E-state index in [1.54, 1.807) is 13.8 Å². The van der Waals surface area contributed by atoms with Gasteiger partial charge >= 0.3 is 5.97 Å². The molecule has 2 N–H and O–H groups in total. The van der Waals surface area contributed by atoms with Crippen molar-refractivity contribution in [3.05, 3.63) is 12.2 Å². The Labute approximate surface area is 73.5 Å². The van der Waals surface area contributed by atoms with Gasteiger partial charge in [0, 0.05) is 5.57 Å². The van der Waals surface area contributed by atoms with Gasteiger partial charge in [0.1, 0.15) is 0 Å². The van der Waals surface area contributed by atoms with Crippen molar-refractivity contribution in [2.24, 2.45) is 0 Å². The van der Waals surface area contributed by atoms with Crippen LogP contribution in [0.3, 0.4) is 0 Å². The van der Waals surface area contributed by atoms with Crippen LogP contribution in [-0.2, 0) is 20.9 Å². The van der Waals surface area contributed by atoms with E-state index in [-0.39, 0.29) is 5.97 Å². The van der Waals surface area contributed by atoms with Crippen LogP contribution in [0.5, 0.6) is 0 Å². The molecule has 0 amide bonds. The Morgan fingerprint density at radius 2 is 1.92 bits per heavy atom. The highest BCUT2D eigenvalue weighted by Crippen LogP contribution is 1.89. The van der Waals surface area contributed by atoms with Gasteiger partial charge in [-0.3, -0.25) is 9.11 Å². The van der Waals surface area contributed by atoms with Crippen molar-refractivity contribution in [3.8, 4) is 0 Å². The zero-order valence-electron chi connectivity index (χ0n) is 6.94. The first-order valence-electron chi connectivity index (χ1n) is 3.04. The van der Waals surface area contributed by atoms with Gasteiger partial charge in [-0.1, -0.05) is 6.58 Å². The Balaban J connectivity index is 0. The minimum atomic E-state index is -2.61. The molecule has 0 saturated carbocycles. The molecule has 0 unspecified atom stereocenters. The van der Waals surface area contributed by atoms with Gasteiger partial charge in [-0.2, -0.15) is 4.21 Å². The van der Waals surface area contributed by atoms with Crippen LogP contribution >= 0.6 is 0 Å². The molecular formula is C6H12O5S. The van der Waals surface area contributed by atoms with Gasteiger partial charge in [0.25, 0.3) is 11.4 Å². The Morgan fingerprint density at radius 1 is 1.58 bits per heavy atom. The lowest BCUT2D eigenvalue weighted by molar-refractivity contribution is -0.138. The summed E-state index contributed by atoms with van der Waals surface area (Å²) < 4.78 is 27.4. The molecule has 5 nitrogen and oxygen atoms in total. The highest BCUT2D eigenvalue weighted by atomic mass is 32.2. The summed E-state index contributed by atoms with van der Waals surface area (Å²) in [6, 6.07) is 0. The molecule has 0 bridgehead atoms. The molecule has 0 rings (SSSR count). The summed E-state index contributed by atoms with van der Waals surface area (Å²) >= 11 is -2.61. The van der Waals surface area contributed by atoms with Crippen molar-refractivity contribution in [1.82, 2.24) is 0 Å². The lowest BCUT2D eigenvalue weighted by Crippen LogP contribution is -2.03. The van der Waals surface area contributed by atoms with E-state index in [0.29, 0.717) is 12.2 Å². The second-order valence-electron chi connectivity index (χ2n) is 1.73. The van der Waals surface area contributed by atoms with Gasteiger partial charge in [-0.15, -0.1) is 0 Å². The van der Waals surface area contributed by atoms with E-state index in [0.717, 1.165) is 0 Å². The van der Waals surface area contributed by atoms with Crippen molar-refractivity contribution in [3.63, 3.8) is 0 Å². The van der Waals surface area contributed by atoms with Gasteiger partial charge in [-0.25, -0.2) is 4.79 Å². The molecule has 0 aromatic rings. The number of hydrogen-bond donors (Lipinski definition) is 2. The second kappa shape index (κ2) is 8.38. The highest BCUT2D eigenvalue weighted by molar-refractivity contribution is 7.73. The summed E-state index contributed by atoms with van der Waals surface area (Å²) in [5, 5.41) is 0. The maximum absolute atomic E-state index is 10.4. The smallest absolute Gasteiger partial charge is 0.333 e. The predicted octanol–water partition coefficient (Wildman–Crippen LogP) is 0.807. The normalized spacial score (nSPS) is 8.42. The number of hydrogen-bond acceptors (Lipinski definition) is 3. The van der Waals surface area contributed by atoms with Crippen LogP contribution < -0.4 is 0 Å². The average molecular weight is 196 g/mol. The zero-order chi connectivity index (χ0) is 10.1. The van der Waals surface area contributed by atoms with E-state index in [9.17, 15) is 4.79 Å². The van der Waals surface area contributed by atoms with E-state index >= 15 is 0 Å². The Hall–Kier alpha value is -0.720. The molecule has 0 radical (unpaired) electrons. The van der Waals surface area contributed by atoms with Crippen LogP contribution in [-0.4, -0.2) is 25.9 Å². The molecule has 0 aliphatic rings. The van der Waals surface area contributed by atoms with Crippen LogP contribution in [0.4, 0.5) is 0 Å². The summed E-state index contributed by atoms with van der Waals surface area (Å²) in [6.07, 6.45) is 0. The molecule has 0 heterocycles. The van der Waals surface area contributed by atoms with E-state index in [1.807, 2.05) is 0 Å². The first-order chi connectivity index (χ1) is 5.41. The Bertz CT molecular complexity index is 173. The SMILES string of the molecule is C=C(C)C(=O)OCC.O=S(O)O. The van der Waals surface area contributed by atoms with E-state index in [1.165, 1.54) is 0 Å². The predicted molar refractivity (Wildman–Crippen MR) is 44.8 cm³/mol. The van der Waals surface area contributed by atoms with Crippen molar-refractivity contribution in [1.29, 1.82) is 0 Å². The largest absolute Gasteiger partial charge is 0.463 e. The molecule has 0 saturated heterocycles. The van der Waals surface area contributed by atoms with Crippen LogP contribution in [0.2, 0.25) is 0 Å². The molecule has 0 aliphatic heterocycles. The first kappa shape index (κ1) is 13.8. The molecular weight excluding hydrogens is 184 g/mol. The number of carbonyl (C=O) groups excluding carboxylic acids is 1. The number of carbonyl (C=O) groups is 1. The molecule has 0 atom stereocenters. The number of esters is 1. The minimum Gasteiger partial charge on any atom is -0.463 e. The van der Waals surface area contributed by atoms with E-state index in [2.05, 4.69) is 11.3 Å². The maximum Gasteiger partial charge on any atom is 0.333 e. The quantitative estimate of drug-likeness (QED) is 0.388. The summed E-state index contributed by atoms with van der Waals surface area (Å²) in [6.45, 7) is 7.21. The molecule has 0 spiro atoms. The molecule has 6 heteroatoms. The zero-order valence-corrected chi connectivity index (χ0v) is 7.76. The third kappa shape index (κ3) is 16.1. The van der Waals surface area contributed by atoms with Gasteiger partial charge in [0.2, 0.25) is 0 Å². The average Bonchev–Trinajstić information content (AvgIpc) is 1.86. The molecule has 12 heavy (non-hydrogen) atoms. The molecule has 0 aliphatic carbocycles. The summed E-state index contributed by atoms with van der Waals surface area (Å²) in [5.74, 6) is -0.312. The van der Waals surface area contributed by atoms with Gasteiger partial charge in [0.15, 0.2) is 0 Å². The van der Waals surface area contributed by atoms with Crippen LogP contribution in [0.25, 0.3) is 0 Å². The molecule has 0 aromatic carbocycles. The van der Waals surface area contributed by atoms with Crippen LogP contribution in [0.15, 0.2) is 12.2 Å². The van der Waals surface area contributed by atoms with Gasteiger partial charge < -0.3 is 4.74 Å². The topological polar surface area (TPSA) is 83.8 Å². The van der Waals surface area contributed by atoms with Crippen molar-refractivity contribution >= 4 is 17.3 Å². The third-order valence-corrected chi connectivity index (χ3v) is 0.624. The molecule has 72 valence electrons. The third-order valence-electron chi connectivity index (χ3n) is 0.624. The second-order valence-corrected chi connectivity index (χ2v) is 2.19. The fraction of sp³-hybridized carbons (Fsp3) is 0.500. The molecule has 0 aromatic heterocycles. The Morgan fingerprint density at radius 3 is 2.00 bits per heavy atom. The van der Waals surface area contributed by atoms with Crippen molar-refractivity contribution in [2.45, 2.75) is 13.8 Å². The van der Waals surface area contributed by atoms with Crippen LogP contribution in [0.1, 0.15) is 13.8 Å². The molecule has 0 fully saturated rings. The first-order valence-corrected chi connectivity index (χ1v) is 4.10. The van der Waals surface area contributed by atoms with Gasteiger partial charge in [-0.05, 0) is 13.8 Å². The standard InChI is InChI=1S/C6H10O2.H2O3S/c1-4-8-6(7)5(2)3;1-4(2)3/h2,4H2,1,3H3;(H2,1,2,3). The highest BCUT2D eigenvalue weighted by Gasteiger charge is 1.98. The van der Waals surface area contributed by atoms with Crippen molar-refractivity contribution in [2.75, 3.05) is 6.61 Å². The summed E-state index contributed by atoms with van der Waals surface area (Å²) in [4.78, 5) is 10.4. The van der Waals surface area contributed by atoms with Crippen LogP contribution in [0, 0.1) is 0 Å². The summed E-state index contributed by atoms with van der Waals surface area (Å²) in [7, 11) is 0.